The van der Waals surface area contributed by atoms with Crippen LogP contribution in [0.1, 0.15) is 35.7 Å². The molecule has 0 aromatic carbocycles. The van der Waals surface area contributed by atoms with E-state index < -0.39 is 0 Å². The third-order valence-corrected chi connectivity index (χ3v) is 3.21. The molecule has 3 heterocycles. The highest BCUT2D eigenvalue weighted by Crippen LogP contribution is 2.28. The third-order valence-electron chi connectivity index (χ3n) is 3.21. The van der Waals surface area contributed by atoms with Gasteiger partial charge in [-0.05, 0) is 12.8 Å². The lowest BCUT2D eigenvalue weighted by Gasteiger charge is -2.22. The van der Waals surface area contributed by atoms with E-state index in [0.717, 1.165) is 32.7 Å². The van der Waals surface area contributed by atoms with Crippen LogP contribution in [0.25, 0.3) is 0 Å². The van der Waals surface area contributed by atoms with Crippen LogP contribution >= 0.6 is 0 Å². The fourth-order valence-electron chi connectivity index (χ4n) is 2.42. The molecule has 1 N–H and O–H groups in total. The van der Waals surface area contributed by atoms with Gasteiger partial charge in [-0.2, -0.15) is 0 Å². The summed E-state index contributed by atoms with van der Waals surface area (Å²) in [5.41, 5.74) is 3.70. The van der Waals surface area contributed by atoms with Crippen molar-refractivity contribution in [1.82, 2.24) is 15.3 Å². The van der Waals surface area contributed by atoms with Gasteiger partial charge in [0, 0.05) is 31.2 Å². The number of ether oxygens (including phenoxy) is 1. The zero-order valence-electron chi connectivity index (χ0n) is 8.70. The Morgan fingerprint density at radius 2 is 2.33 bits per heavy atom. The Morgan fingerprint density at radius 1 is 1.33 bits per heavy atom. The van der Waals surface area contributed by atoms with Crippen LogP contribution in [0.5, 0.6) is 0 Å². The van der Waals surface area contributed by atoms with Crippen LogP contribution in [0.2, 0.25) is 0 Å². The fraction of sp³-hybridized carbons (Fsp3) is 0.636. The van der Waals surface area contributed by atoms with Gasteiger partial charge in [-0.3, -0.25) is 0 Å². The molecule has 1 unspecified atom stereocenters. The quantitative estimate of drug-likeness (QED) is 0.742. The van der Waals surface area contributed by atoms with Gasteiger partial charge in [-0.1, -0.05) is 0 Å². The molecule has 1 aromatic heterocycles. The van der Waals surface area contributed by atoms with Crippen molar-refractivity contribution in [2.45, 2.75) is 31.8 Å². The van der Waals surface area contributed by atoms with Crippen LogP contribution in [-0.4, -0.2) is 23.2 Å². The highest BCUT2D eigenvalue weighted by molar-refractivity contribution is 5.30. The first-order valence-electron chi connectivity index (χ1n) is 5.56. The van der Waals surface area contributed by atoms with Gasteiger partial charge >= 0.3 is 0 Å². The lowest BCUT2D eigenvalue weighted by Crippen LogP contribution is -2.18. The average Bonchev–Trinajstić information content (AvgIpc) is 2.78. The average molecular weight is 205 g/mol. The predicted octanol–water partition coefficient (Wildman–Crippen LogP) is 0.974. The van der Waals surface area contributed by atoms with Crippen molar-refractivity contribution in [2.75, 3.05) is 13.2 Å². The van der Waals surface area contributed by atoms with Crippen LogP contribution in [0.4, 0.5) is 0 Å². The SMILES string of the molecule is c1nc2c(c(C3CCCOC3)n1)CNC2. The number of nitrogens with one attached hydrogen (secondary N) is 1. The van der Waals surface area contributed by atoms with Gasteiger partial charge in [0.1, 0.15) is 6.33 Å². The van der Waals surface area contributed by atoms with E-state index in [4.69, 9.17) is 4.74 Å². The molecule has 2 aliphatic heterocycles. The van der Waals surface area contributed by atoms with E-state index in [0.29, 0.717) is 5.92 Å². The van der Waals surface area contributed by atoms with Crippen LogP contribution in [0.15, 0.2) is 6.33 Å². The molecule has 3 rings (SSSR count). The molecule has 0 aliphatic carbocycles. The van der Waals surface area contributed by atoms with Crippen molar-refractivity contribution in [2.24, 2.45) is 0 Å². The molecule has 1 aromatic rings. The number of fused-ring (bicyclic) bond motifs is 1. The van der Waals surface area contributed by atoms with Crippen molar-refractivity contribution in [3.8, 4) is 0 Å². The molecule has 0 saturated carbocycles. The van der Waals surface area contributed by atoms with Crippen molar-refractivity contribution in [3.63, 3.8) is 0 Å². The van der Waals surface area contributed by atoms with Crippen LogP contribution in [0, 0.1) is 0 Å². The monoisotopic (exact) mass is 205 g/mol. The maximum atomic E-state index is 5.52. The molecule has 80 valence electrons. The normalized spacial score (nSPS) is 25.2. The van der Waals surface area contributed by atoms with Crippen LogP contribution in [0.3, 0.4) is 0 Å². The first kappa shape index (κ1) is 9.24. The molecule has 2 aliphatic rings. The van der Waals surface area contributed by atoms with Gasteiger partial charge in [0.25, 0.3) is 0 Å². The maximum absolute atomic E-state index is 5.52. The minimum absolute atomic E-state index is 0.482. The standard InChI is InChI=1S/C11H15N3O/c1-2-8(6-15-3-1)11-9-4-12-5-10(9)13-7-14-11/h7-8,12H,1-6H2. The van der Waals surface area contributed by atoms with E-state index in [1.54, 1.807) is 6.33 Å². The summed E-state index contributed by atoms with van der Waals surface area (Å²) >= 11 is 0. The zero-order valence-corrected chi connectivity index (χ0v) is 8.70. The number of rotatable bonds is 1. The van der Waals surface area contributed by atoms with Crippen molar-refractivity contribution in [3.05, 3.63) is 23.3 Å². The second-order valence-corrected chi connectivity index (χ2v) is 4.20. The second kappa shape index (κ2) is 3.87. The summed E-state index contributed by atoms with van der Waals surface area (Å²) < 4.78 is 5.52. The van der Waals surface area contributed by atoms with E-state index in [1.165, 1.54) is 23.4 Å². The largest absolute Gasteiger partial charge is 0.381 e. The first-order valence-corrected chi connectivity index (χ1v) is 5.56. The fourth-order valence-corrected chi connectivity index (χ4v) is 2.42. The summed E-state index contributed by atoms with van der Waals surface area (Å²) in [6.07, 6.45) is 4.04. The lowest BCUT2D eigenvalue weighted by molar-refractivity contribution is 0.0790. The molecule has 1 atom stereocenters. The molecule has 0 radical (unpaired) electrons. The van der Waals surface area contributed by atoms with Crippen molar-refractivity contribution >= 4 is 0 Å². The topological polar surface area (TPSA) is 47.0 Å². The molecule has 4 nitrogen and oxygen atoms in total. The second-order valence-electron chi connectivity index (χ2n) is 4.20. The molecule has 0 spiro atoms. The van der Waals surface area contributed by atoms with Crippen LogP contribution < -0.4 is 5.32 Å². The van der Waals surface area contributed by atoms with E-state index in [2.05, 4.69) is 15.3 Å². The Bertz CT molecular complexity index is 361. The Balaban J connectivity index is 1.93. The van der Waals surface area contributed by atoms with E-state index in [1.807, 2.05) is 0 Å². The number of hydrogen-bond acceptors (Lipinski definition) is 4. The van der Waals surface area contributed by atoms with Gasteiger partial charge < -0.3 is 10.1 Å². The van der Waals surface area contributed by atoms with Gasteiger partial charge in [0.05, 0.1) is 18.0 Å². The van der Waals surface area contributed by atoms with Crippen LogP contribution in [-0.2, 0) is 17.8 Å². The predicted molar refractivity (Wildman–Crippen MR) is 55.4 cm³/mol. The smallest absolute Gasteiger partial charge is 0.116 e. The summed E-state index contributed by atoms with van der Waals surface area (Å²) in [4.78, 5) is 8.74. The molecule has 0 amide bonds. The van der Waals surface area contributed by atoms with Gasteiger partial charge in [-0.25, -0.2) is 9.97 Å². The number of hydrogen-bond donors (Lipinski definition) is 1. The minimum Gasteiger partial charge on any atom is -0.381 e. The molecule has 4 heteroatoms. The molecular weight excluding hydrogens is 190 g/mol. The number of aromatic nitrogens is 2. The summed E-state index contributed by atoms with van der Waals surface area (Å²) in [6.45, 7) is 3.53. The summed E-state index contributed by atoms with van der Waals surface area (Å²) in [7, 11) is 0. The minimum atomic E-state index is 0.482. The highest BCUT2D eigenvalue weighted by atomic mass is 16.5. The van der Waals surface area contributed by atoms with Gasteiger partial charge in [0.2, 0.25) is 0 Å². The molecular formula is C11H15N3O. The molecule has 1 fully saturated rings. The van der Waals surface area contributed by atoms with Crippen molar-refractivity contribution < 1.29 is 4.74 Å². The van der Waals surface area contributed by atoms with Gasteiger partial charge in [-0.15, -0.1) is 0 Å². The highest BCUT2D eigenvalue weighted by Gasteiger charge is 2.24. The Hall–Kier alpha value is -1.00. The lowest BCUT2D eigenvalue weighted by atomic mass is 9.94. The molecule has 0 bridgehead atoms. The van der Waals surface area contributed by atoms with Gasteiger partial charge in [0.15, 0.2) is 0 Å². The summed E-state index contributed by atoms with van der Waals surface area (Å²) in [6, 6.07) is 0. The zero-order chi connectivity index (χ0) is 10.1. The Labute approximate surface area is 89.1 Å². The summed E-state index contributed by atoms with van der Waals surface area (Å²) in [5.74, 6) is 0.482. The summed E-state index contributed by atoms with van der Waals surface area (Å²) in [5, 5.41) is 3.32. The van der Waals surface area contributed by atoms with Crippen molar-refractivity contribution in [1.29, 1.82) is 0 Å². The van der Waals surface area contributed by atoms with E-state index in [-0.39, 0.29) is 0 Å². The van der Waals surface area contributed by atoms with E-state index in [9.17, 15) is 0 Å². The Morgan fingerprint density at radius 3 is 3.20 bits per heavy atom. The number of nitrogens with zero attached hydrogens (tertiary/aromatic N) is 2. The maximum Gasteiger partial charge on any atom is 0.116 e. The Kier molecular flexibility index (Phi) is 2.38. The third kappa shape index (κ3) is 1.64. The van der Waals surface area contributed by atoms with E-state index >= 15 is 0 Å². The first-order chi connectivity index (χ1) is 7.45. The molecule has 15 heavy (non-hydrogen) atoms. The molecule has 1 saturated heterocycles.